The third-order valence-corrected chi connectivity index (χ3v) is 3.42. The number of benzene rings is 1. The minimum atomic E-state index is -7.58. The van der Waals surface area contributed by atoms with Gasteiger partial charge in [0, 0.05) is 5.56 Å². The van der Waals surface area contributed by atoms with Gasteiger partial charge >= 0.3 is 29.9 Å². The molecule has 0 aliphatic heterocycles. The van der Waals surface area contributed by atoms with Crippen LogP contribution in [0.15, 0.2) is 24.3 Å². The Hall–Kier alpha value is -1.79. The van der Waals surface area contributed by atoms with Crippen LogP contribution in [0.25, 0.3) is 0 Å². The van der Waals surface area contributed by atoms with E-state index >= 15 is 0 Å². The van der Waals surface area contributed by atoms with Crippen LogP contribution in [-0.4, -0.2) is 41.6 Å². The van der Waals surface area contributed by atoms with Crippen molar-refractivity contribution in [3.8, 4) is 5.75 Å². The Morgan fingerprint density at radius 2 is 1.30 bits per heavy atom. The Labute approximate surface area is 144 Å². The van der Waals surface area contributed by atoms with Gasteiger partial charge in [-0.2, -0.15) is 48.3 Å². The monoisotopic (exact) mass is 420 g/mol. The number of halogens is 11. The van der Waals surface area contributed by atoms with E-state index in [0.29, 0.717) is 6.07 Å². The maximum atomic E-state index is 13.9. The quantitative estimate of drug-likeness (QED) is 0.613. The number of rotatable bonds is 7. The van der Waals surface area contributed by atoms with Crippen molar-refractivity contribution < 1.29 is 58.1 Å². The van der Waals surface area contributed by atoms with Gasteiger partial charge in [0.25, 0.3) is 0 Å². The first-order valence-corrected chi connectivity index (χ1v) is 6.94. The lowest BCUT2D eigenvalue weighted by atomic mass is 9.91. The molecule has 1 unspecified atom stereocenters. The molecule has 0 amide bonds. The molecule has 1 rings (SSSR count). The average molecular weight is 420 g/mol. The summed E-state index contributed by atoms with van der Waals surface area (Å²) in [4.78, 5) is 0. The molecule has 0 aromatic heterocycles. The minimum absolute atomic E-state index is 0.256. The zero-order valence-electron chi connectivity index (χ0n) is 13.1. The highest BCUT2D eigenvalue weighted by Crippen LogP contribution is 2.59. The molecule has 0 aliphatic rings. The molecule has 2 nitrogen and oxygen atoms in total. The van der Waals surface area contributed by atoms with Gasteiger partial charge in [-0.1, -0.05) is 18.2 Å². The van der Waals surface area contributed by atoms with E-state index in [2.05, 4.69) is 0 Å². The lowest BCUT2D eigenvalue weighted by molar-refractivity contribution is -0.429. The molecule has 1 atom stereocenters. The summed E-state index contributed by atoms with van der Waals surface area (Å²) in [5.41, 5.74) is -1.21. The highest BCUT2D eigenvalue weighted by Gasteiger charge is 2.88. The molecular formula is C14H11F11O2. The fourth-order valence-corrected chi connectivity index (χ4v) is 1.94. The van der Waals surface area contributed by atoms with Gasteiger partial charge in [0.05, 0.1) is 6.61 Å². The second kappa shape index (κ2) is 6.99. The molecule has 1 aromatic rings. The maximum Gasteiger partial charge on any atom is 0.460 e. The molecule has 0 heterocycles. The number of para-hydroxylation sites is 1. The molecule has 1 N–H and O–H groups in total. The van der Waals surface area contributed by atoms with Crippen molar-refractivity contribution in [2.24, 2.45) is 0 Å². The topological polar surface area (TPSA) is 29.5 Å². The van der Waals surface area contributed by atoms with Gasteiger partial charge in [-0.15, -0.1) is 0 Å². The summed E-state index contributed by atoms with van der Waals surface area (Å²) < 4.78 is 148. The number of aliphatic hydroxyl groups excluding tert-OH is 1. The Morgan fingerprint density at radius 3 is 1.74 bits per heavy atom. The van der Waals surface area contributed by atoms with Gasteiger partial charge in [-0.25, -0.2) is 0 Å². The number of hydrogen-bond donors (Lipinski definition) is 1. The first-order valence-electron chi connectivity index (χ1n) is 6.94. The third kappa shape index (κ3) is 3.52. The molecule has 156 valence electrons. The standard InChI is InChI=1S/C14H11F11O2/c1-2-27-8-6-4-3-5-7(8)9(26)10(15,16)11(17,18)12(19,20)13(21,22)14(23,24)25/h3-6,9,26H,2H2,1H3. The normalized spacial score (nSPS) is 15.6. The number of alkyl halides is 11. The molecule has 0 bridgehead atoms. The summed E-state index contributed by atoms with van der Waals surface area (Å²) in [7, 11) is 0. The molecular weight excluding hydrogens is 409 g/mol. The second-order valence-corrected chi connectivity index (χ2v) is 5.22. The van der Waals surface area contributed by atoms with Crippen LogP contribution < -0.4 is 4.74 Å². The number of aliphatic hydroxyl groups is 1. The average Bonchev–Trinajstić information content (AvgIpc) is 2.53. The van der Waals surface area contributed by atoms with Crippen molar-refractivity contribution in [1.82, 2.24) is 0 Å². The molecule has 1 aromatic carbocycles. The smallest absolute Gasteiger partial charge is 0.460 e. The third-order valence-electron chi connectivity index (χ3n) is 3.42. The highest BCUT2D eigenvalue weighted by molar-refractivity contribution is 5.37. The van der Waals surface area contributed by atoms with Crippen molar-refractivity contribution in [3.63, 3.8) is 0 Å². The number of hydrogen-bond acceptors (Lipinski definition) is 2. The van der Waals surface area contributed by atoms with Crippen molar-refractivity contribution in [2.75, 3.05) is 6.61 Å². The largest absolute Gasteiger partial charge is 0.493 e. The zero-order valence-corrected chi connectivity index (χ0v) is 13.1. The Morgan fingerprint density at radius 1 is 0.815 bits per heavy atom. The summed E-state index contributed by atoms with van der Waals surface area (Å²) in [5, 5.41) is 9.45. The maximum absolute atomic E-state index is 13.9. The van der Waals surface area contributed by atoms with Crippen LogP contribution in [0.5, 0.6) is 5.75 Å². The van der Waals surface area contributed by atoms with Crippen LogP contribution in [0.3, 0.4) is 0 Å². The van der Waals surface area contributed by atoms with Crippen LogP contribution in [0.2, 0.25) is 0 Å². The first kappa shape index (κ1) is 23.2. The lowest BCUT2D eigenvalue weighted by Gasteiger charge is -2.39. The van der Waals surface area contributed by atoms with Crippen molar-refractivity contribution in [3.05, 3.63) is 29.8 Å². The molecule has 0 radical (unpaired) electrons. The van der Waals surface area contributed by atoms with Gasteiger partial charge in [0.15, 0.2) is 6.10 Å². The van der Waals surface area contributed by atoms with E-state index in [1.807, 2.05) is 0 Å². The molecule has 0 saturated heterocycles. The second-order valence-electron chi connectivity index (χ2n) is 5.22. The fraction of sp³-hybridized carbons (Fsp3) is 0.571. The molecule has 0 aliphatic carbocycles. The fourth-order valence-electron chi connectivity index (χ4n) is 1.94. The Kier molecular flexibility index (Phi) is 6.01. The summed E-state index contributed by atoms with van der Waals surface area (Å²) in [6.45, 7) is 1.04. The van der Waals surface area contributed by atoms with Crippen LogP contribution in [0.1, 0.15) is 18.6 Å². The molecule has 0 saturated carbocycles. The molecule has 13 heteroatoms. The Balaban J connectivity index is 3.48. The number of ether oxygens (including phenoxy) is 1. The van der Waals surface area contributed by atoms with Gasteiger partial charge in [-0.05, 0) is 13.0 Å². The first-order chi connectivity index (χ1) is 12.0. The lowest BCUT2D eigenvalue weighted by Crippen LogP contribution is -2.67. The van der Waals surface area contributed by atoms with Gasteiger partial charge in [0.1, 0.15) is 5.75 Å². The van der Waals surface area contributed by atoms with E-state index < -0.39 is 47.3 Å². The van der Waals surface area contributed by atoms with Crippen molar-refractivity contribution in [1.29, 1.82) is 0 Å². The minimum Gasteiger partial charge on any atom is -0.493 e. The van der Waals surface area contributed by atoms with Crippen LogP contribution in [-0.2, 0) is 0 Å². The molecule has 0 fully saturated rings. The van der Waals surface area contributed by atoms with Crippen LogP contribution >= 0.6 is 0 Å². The van der Waals surface area contributed by atoms with E-state index in [0.717, 1.165) is 18.2 Å². The van der Waals surface area contributed by atoms with Gasteiger partial charge < -0.3 is 9.84 Å². The van der Waals surface area contributed by atoms with Gasteiger partial charge in [0.2, 0.25) is 0 Å². The SMILES string of the molecule is CCOc1ccccc1C(O)C(F)(F)C(F)(F)C(F)(F)C(F)(F)C(F)(F)F. The highest BCUT2D eigenvalue weighted by atomic mass is 19.4. The van der Waals surface area contributed by atoms with Crippen molar-refractivity contribution in [2.45, 2.75) is 42.9 Å². The molecule has 27 heavy (non-hydrogen) atoms. The Bertz CT molecular complexity index is 655. The predicted octanol–water partition coefficient (Wildman–Crippen LogP) is 5.22. The van der Waals surface area contributed by atoms with E-state index in [1.165, 1.54) is 6.92 Å². The summed E-state index contributed by atoms with van der Waals surface area (Å²) in [6, 6.07) is 3.39. The van der Waals surface area contributed by atoms with E-state index in [-0.39, 0.29) is 6.61 Å². The van der Waals surface area contributed by atoms with E-state index in [9.17, 15) is 53.4 Å². The van der Waals surface area contributed by atoms with E-state index in [1.54, 1.807) is 0 Å². The molecule has 0 spiro atoms. The van der Waals surface area contributed by atoms with E-state index in [4.69, 9.17) is 4.74 Å². The van der Waals surface area contributed by atoms with Gasteiger partial charge in [-0.3, -0.25) is 0 Å². The summed E-state index contributed by atoms with van der Waals surface area (Å²) >= 11 is 0. The van der Waals surface area contributed by atoms with Crippen LogP contribution in [0, 0.1) is 0 Å². The van der Waals surface area contributed by atoms with Crippen LogP contribution in [0.4, 0.5) is 48.3 Å². The zero-order chi connectivity index (χ0) is 21.5. The van der Waals surface area contributed by atoms with Crippen molar-refractivity contribution >= 4 is 0 Å². The summed E-state index contributed by atoms with van der Waals surface area (Å²) in [6.07, 6.45) is -11.1. The summed E-state index contributed by atoms with van der Waals surface area (Å²) in [5.74, 6) is -29.5. The predicted molar refractivity (Wildman–Crippen MR) is 68.4 cm³/mol.